The zero-order valence-corrected chi connectivity index (χ0v) is 17.3. The van der Waals surface area contributed by atoms with Crippen LogP contribution in [0, 0.1) is 6.92 Å². The Morgan fingerprint density at radius 1 is 1.21 bits per heavy atom. The van der Waals surface area contributed by atoms with Crippen molar-refractivity contribution in [3.8, 4) is 11.5 Å². The van der Waals surface area contributed by atoms with Crippen molar-refractivity contribution in [3.63, 3.8) is 0 Å². The number of hydrogen-bond acceptors (Lipinski definition) is 6. The summed E-state index contributed by atoms with van der Waals surface area (Å²) in [6.07, 6.45) is 0. The number of benzene rings is 2. The molecule has 2 aromatic carbocycles. The largest absolute Gasteiger partial charge is 0.493 e. The first-order chi connectivity index (χ1) is 13.9. The maximum Gasteiger partial charge on any atom is 0.387 e. The number of methoxy groups -OCH3 is 1. The number of alkyl halides is 2. The lowest BCUT2D eigenvalue weighted by Crippen LogP contribution is -2.12. The Morgan fingerprint density at radius 3 is 2.59 bits per heavy atom. The van der Waals surface area contributed by atoms with Crippen LogP contribution >= 0.6 is 23.1 Å². The van der Waals surface area contributed by atoms with Crippen LogP contribution < -0.4 is 14.8 Å². The van der Waals surface area contributed by atoms with Gasteiger partial charge in [-0.3, -0.25) is 4.79 Å². The first-order valence-corrected chi connectivity index (χ1v) is 10.4. The number of aryl methyl sites for hydroxylation is 1. The molecule has 1 aromatic heterocycles. The maximum atomic E-state index is 12.5. The van der Waals surface area contributed by atoms with Gasteiger partial charge in [0.2, 0.25) is 0 Å². The normalized spacial score (nSPS) is 10.8. The van der Waals surface area contributed by atoms with Gasteiger partial charge in [0.25, 0.3) is 5.91 Å². The van der Waals surface area contributed by atoms with Crippen LogP contribution in [0.4, 0.5) is 14.5 Å². The van der Waals surface area contributed by atoms with Crippen LogP contribution in [0.2, 0.25) is 0 Å². The predicted molar refractivity (Wildman–Crippen MR) is 110 cm³/mol. The Morgan fingerprint density at radius 2 is 1.97 bits per heavy atom. The smallest absolute Gasteiger partial charge is 0.387 e. The third-order valence-corrected chi connectivity index (χ3v) is 6.02. The van der Waals surface area contributed by atoms with Gasteiger partial charge < -0.3 is 14.8 Å². The number of thiazole rings is 1. The summed E-state index contributed by atoms with van der Waals surface area (Å²) in [6, 6.07) is 11.5. The van der Waals surface area contributed by atoms with Crippen molar-refractivity contribution in [1.29, 1.82) is 0 Å². The second-order valence-electron chi connectivity index (χ2n) is 5.94. The Bertz CT molecular complexity index is 978. The first kappa shape index (κ1) is 21.1. The van der Waals surface area contributed by atoms with Gasteiger partial charge in [-0.05, 0) is 36.8 Å². The number of hydrogen-bond donors (Lipinski definition) is 1. The molecule has 0 unspecified atom stereocenters. The molecule has 1 amide bonds. The number of amides is 1. The minimum atomic E-state index is -2.99. The SMILES string of the molecule is COc1ccc(NC(=O)c2ccc(CSc3nc(C)cs3)cc2)cc1OC(F)F. The van der Waals surface area contributed by atoms with Crippen molar-refractivity contribution in [1.82, 2.24) is 4.98 Å². The van der Waals surface area contributed by atoms with Crippen molar-refractivity contribution >= 4 is 34.7 Å². The molecule has 5 nitrogen and oxygen atoms in total. The summed E-state index contributed by atoms with van der Waals surface area (Å²) < 4.78 is 35.5. The number of carbonyl (C=O) groups excluding carboxylic acids is 1. The third kappa shape index (κ3) is 5.91. The Labute approximate surface area is 175 Å². The summed E-state index contributed by atoms with van der Waals surface area (Å²) in [5, 5.41) is 4.68. The van der Waals surface area contributed by atoms with E-state index in [2.05, 4.69) is 15.0 Å². The van der Waals surface area contributed by atoms with Gasteiger partial charge in [-0.2, -0.15) is 8.78 Å². The molecule has 0 aliphatic carbocycles. The second kappa shape index (κ2) is 9.71. The van der Waals surface area contributed by atoms with Crippen LogP contribution in [0.3, 0.4) is 0 Å². The van der Waals surface area contributed by atoms with E-state index in [-0.39, 0.29) is 17.4 Å². The summed E-state index contributed by atoms with van der Waals surface area (Å²) in [5.41, 5.74) is 2.85. The minimum absolute atomic E-state index is 0.148. The lowest BCUT2D eigenvalue weighted by molar-refractivity contribution is -0.0511. The molecule has 1 heterocycles. The van der Waals surface area contributed by atoms with Gasteiger partial charge in [-0.1, -0.05) is 23.9 Å². The van der Waals surface area contributed by atoms with E-state index in [4.69, 9.17) is 4.74 Å². The second-order valence-corrected chi connectivity index (χ2v) is 8.02. The Kier molecular flexibility index (Phi) is 7.05. The number of carbonyl (C=O) groups is 1. The molecule has 9 heteroatoms. The zero-order chi connectivity index (χ0) is 20.8. The number of aromatic nitrogens is 1. The van der Waals surface area contributed by atoms with Gasteiger partial charge in [-0.25, -0.2) is 4.98 Å². The molecule has 0 atom stereocenters. The molecule has 0 spiro atoms. The number of thioether (sulfide) groups is 1. The summed E-state index contributed by atoms with van der Waals surface area (Å²) >= 11 is 3.25. The quantitative estimate of drug-likeness (QED) is 0.466. The van der Waals surface area contributed by atoms with Crippen molar-refractivity contribution in [2.45, 2.75) is 23.6 Å². The van der Waals surface area contributed by atoms with E-state index >= 15 is 0 Å². The van der Waals surface area contributed by atoms with E-state index in [0.29, 0.717) is 11.3 Å². The topological polar surface area (TPSA) is 60.5 Å². The summed E-state index contributed by atoms with van der Waals surface area (Å²) in [6.45, 7) is -1.03. The molecule has 3 rings (SSSR count). The number of nitrogens with one attached hydrogen (secondary N) is 1. The fourth-order valence-corrected chi connectivity index (χ4v) is 4.25. The van der Waals surface area contributed by atoms with E-state index in [9.17, 15) is 13.6 Å². The molecule has 1 N–H and O–H groups in total. The molecule has 0 fully saturated rings. The standard InChI is InChI=1S/C20H18F2N2O3S2/c1-12-10-28-20(23-12)29-11-13-3-5-14(6-4-13)18(25)24-15-7-8-16(26-2)17(9-15)27-19(21)22/h3-10,19H,11H2,1-2H3,(H,24,25). The molecule has 0 saturated heterocycles. The van der Waals surface area contributed by atoms with Gasteiger partial charge in [0.05, 0.1) is 7.11 Å². The van der Waals surface area contributed by atoms with Crippen LogP contribution in [0.1, 0.15) is 21.6 Å². The highest BCUT2D eigenvalue weighted by Gasteiger charge is 2.13. The van der Waals surface area contributed by atoms with E-state index in [0.717, 1.165) is 21.3 Å². The number of nitrogens with zero attached hydrogens (tertiary/aromatic N) is 1. The van der Waals surface area contributed by atoms with E-state index in [1.165, 1.54) is 19.2 Å². The van der Waals surface area contributed by atoms with Crippen molar-refractivity contribution in [3.05, 3.63) is 64.7 Å². The zero-order valence-electron chi connectivity index (χ0n) is 15.6. The van der Waals surface area contributed by atoms with Gasteiger partial charge in [0, 0.05) is 34.1 Å². The van der Waals surface area contributed by atoms with Crippen molar-refractivity contribution in [2.75, 3.05) is 12.4 Å². The predicted octanol–water partition coefficient (Wildman–Crippen LogP) is 5.61. The van der Waals surface area contributed by atoms with E-state index in [1.807, 2.05) is 24.4 Å². The lowest BCUT2D eigenvalue weighted by atomic mass is 10.1. The molecular formula is C20H18F2N2O3S2. The molecular weight excluding hydrogens is 418 g/mol. The average molecular weight is 437 g/mol. The molecule has 3 aromatic rings. The highest BCUT2D eigenvalue weighted by atomic mass is 32.2. The van der Waals surface area contributed by atoms with Gasteiger partial charge >= 0.3 is 6.61 Å². The Hall–Kier alpha value is -2.65. The van der Waals surface area contributed by atoms with Crippen LogP contribution in [-0.2, 0) is 5.75 Å². The van der Waals surface area contributed by atoms with Crippen molar-refractivity contribution < 1.29 is 23.0 Å². The molecule has 29 heavy (non-hydrogen) atoms. The van der Waals surface area contributed by atoms with Gasteiger partial charge in [0.1, 0.15) is 4.34 Å². The van der Waals surface area contributed by atoms with Crippen LogP contribution in [0.25, 0.3) is 0 Å². The lowest BCUT2D eigenvalue weighted by Gasteiger charge is -2.12. The molecule has 0 aliphatic rings. The Balaban J connectivity index is 1.63. The fraction of sp³-hybridized carbons (Fsp3) is 0.200. The third-order valence-electron chi connectivity index (χ3n) is 3.81. The number of halogens is 2. The summed E-state index contributed by atoms with van der Waals surface area (Å²) in [4.78, 5) is 16.9. The highest BCUT2D eigenvalue weighted by Crippen LogP contribution is 2.31. The number of ether oxygens (including phenoxy) is 2. The molecule has 0 saturated carbocycles. The van der Waals surface area contributed by atoms with E-state index < -0.39 is 6.61 Å². The molecule has 0 aliphatic heterocycles. The number of anilines is 1. The molecule has 0 radical (unpaired) electrons. The number of rotatable bonds is 8. The van der Waals surface area contributed by atoms with Crippen molar-refractivity contribution in [2.24, 2.45) is 0 Å². The van der Waals surface area contributed by atoms with Gasteiger partial charge in [0.15, 0.2) is 11.5 Å². The fourth-order valence-electron chi connectivity index (χ4n) is 2.44. The monoisotopic (exact) mass is 436 g/mol. The summed E-state index contributed by atoms with van der Waals surface area (Å²) in [7, 11) is 1.35. The van der Waals surface area contributed by atoms with E-state index in [1.54, 1.807) is 41.3 Å². The van der Waals surface area contributed by atoms with Gasteiger partial charge in [-0.15, -0.1) is 11.3 Å². The van der Waals surface area contributed by atoms with Crippen LogP contribution in [0.15, 0.2) is 52.2 Å². The highest BCUT2D eigenvalue weighted by molar-refractivity contribution is 8.00. The first-order valence-electron chi connectivity index (χ1n) is 8.52. The minimum Gasteiger partial charge on any atom is -0.493 e. The summed E-state index contributed by atoms with van der Waals surface area (Å²) in [5.74, 6) is 0.403. The van der Waals surface area contributed by atoms with Crippen LogP contribution in [0.5, 0.6) is 11.5 Å². The average Bonchev–Trinajstić information content (AvgIpc) is 3.12. The molecule has 0 bridgehead atoms. The maximum absolute atomic E-state index is 12.5. The molecule has 152 valence electrons. The van der Waals surface area contributed by atoms with Crippen LogP contribution in [-0.4, -0.2) is 24.6 Å².